The van der Waals surface area contributed by atoms with Crippen LogP contribution in [0.4, 0.5) is 5.95 Å². The van der Waals surface area contributed by atoms with Gasteiger partial charge in [0.1, 0.15) is 0 Å². The lowest BCUT2D eigenvalue weighted by molar-refractivity contribution is 0.281. The number of nitrogens with zero attached hydrogens (tertiary/aromatic N) is 6. The van der Waals surface area contributed by atoms with Gasteiger partial charge >= 0.3 is 0 Å². The van der Waals surface area contributed by atoms with Gasteiger partial charge in [0.15, 0.2) is 11.4 Å². The maximum absolute atomic E-state index is 13.6. The number of para-hydroxylation sites is 3. The van der Waals surface area contributed by atoms with Crippen molar-refractivity contribution in [2.24, 2.45) is 5.92 Å². The third-order valence-corrected chi connectivity index (χ3v) is 7.13. The Labute approximate surface area is 213 Å². The Bertz CT molecular complexity index is 1630. The Morgan fingerprint density at radius 1 is 1.03 bits per heavy atom. The molecule has 1 atom stereocenters. The normalized spacial score (nSPS) is 16.6. The van der Waals surface area contributed by atoms with Crippen LogP contribution in [-0.2, 0) is 6.54 Å². The molecule has 9 nitrogen and oxygen atoms in total. The van der Waals surface area contributed by atoms with E-state index in [2.05, 4.69) is 26.0 Å². The first kappa shape index (κ1) is 21.8. The van der Waals surface area contributed by atoms with E-state index in [4.69, 9.17) is 9.84 Å². The molecule has 2 aromatic carbocycles. The van der Waals surface area contributed by atoms with Gasteiger partial charge in [-0.05, 0) is 49.1 Å². The average Bonchev–Trinajstić information content (AvgIpc) is 3.31. The van der Waals surface area contributed by atoms with E-state index in [1.54, 1.807) is 17.1 Å². The minimum absolute atomic E-state index is 0.205. The summed E-state index contributed by atoms with van der Waals surface area (Å²) in [6.45, 7) is 1.98. The summed E-state index contributed by atoms with van der Waals surface area (Å²) in [5.41, 5.74) is 3.75. The van der Waals surface area contributed by atoms with Crippen LogP contribution in [0.15, 0.2) is 77.9 Å². The number of nitrogens with one attached hydrogen (secondary N) is 1. The highest BCUT2D eigenvalue weighted by molar-refractivity contribution is 5.79. The van der Waals surface area contributed by atoms with Gasteiger partial charge in [0.05, 0.1) is 47.5 Å². The Hall–Kier alpha value is -4.40. The van der Waals surface area contributed by atoms with Crippen LogP contribution in [0.5, 0.6) is 5.75 Å². The van der Waals surface area contributed by atoms with Gasteiger partial charge in [-0.2, -0.15) is 10.2 Å². The van der Waals surface area contributed by atoms with Crippen LogP contribution in [-0.4, -0.2) is 42.3 Å². The summed E-state index contributed by atoms with van der Waals surface area (Å²) in [6, 6.07) is 20.0. The number of hydrogen-bond donors (Lipinski definition) is 1. The quantitative estimate of drug-likeness (QED) is 0.347. The summed E-state index contributed by atoms with van der Waals surface area (Å²) >= 11 is 0. The van der Waals surface area contributed by atoms with Crippen LogP contribution in [0.2, 0.25) is 0 Å². The van der Waals surface area contributed by atoms with E-state index in [0.717, 1.165) is 42.2 Å². The van der Waals surface area contributed by atoms with E-state index in [-0.39, 0.29) is 11.5 Å². The number of fused-ring (bicyclic) bond motifs is 3. The largest absolute Gasteiger partial charge is 0.488 e. The van der Waals surface area contributed by atoms with Gasteiger partial charge in [-0.15, -0.1) is 0 Å². The third kappa shape index (κ3) is 4.06. The minimum Gasteiger partial charge on any atom is -0.488 e. The van der Waals surface area contributed by atoms with Crippen LogP contribution < -0.4 is 15.5 Å². The zero-order chi connectivity index (χ0) is 24.8. The van der Waals surface area contributed by atoms with Crippen LogP contribution >= 0.6 is 0 Å². The molecule has 0 bridgehead atoms. The van der Waals surface area contributed by atoms with E-state index >= 15 is 0 Å². The Kier molecular flexibility index (Phi) is 5.27. The summed E-state index contributed by atoms with van der Waals surface area (Å²) in [7, 11) is 0. The predicted molar refractivity (Wildman–Crippen MR) is 141 cm³/mol. The monoisotopic (exact) mass is 493 g/mol. The second-order valence-corrected chi connectivity index (χ2v) is 9.77. The Morgan fingerprint density at radius 3 is 2.73 bits per heavy atom. The second-order valence-electron chi connectivity index (χ2n) is 9.77. The molecule has 0 spiro atoms. The molecule has 1 saturated carbocycles. The molecule has 3 aromatic heterocycles. The first-order valence-electron chi connectivity index (χ1n) is 12.8. The molecule has 1 aliphatic heterocycles. The molecule has 7 rings (SSSR count). The second kappa shape index (κ2) is 8.92. The standard InChI is InChI=1S/C28H27N7O2/c36-27-25(37-15-13-21-16-29-28-31-22-8-4-5-9-23(22)34(21)28)18-33(17-19-10-11-19)32-26(27)24-12-14-30-35(24)20-6-2-1-3-7-20/h1-9,12,14,18-19,21H,10-11,13,15-17H2,(H,29,31). The van der Waals surface area contributed by atoms with Crippen molar-refractivity contribution in [3.63, 3.8) is 0 Å². The molecule has 0 radical (unpaired) electrons. The van der Waals surface area contributed by atoms with Crippen molar-refractivity contribution in [1.82, 2.24) is 29.1 Å². The molecular weight excluding hydrogens is 466 g/mol. The molecule has 0 amide bonds. The van der Waals surface area contributed by atoms with E-state index in [1.807, 2.05) is 59.3 Å². The van der Waals surface area contributed by atoms with Crippen molar-refractivity contribution >= 4 is 17.0 Å². The molecule has 9 heteroatoms. The number of rotatable bonds is 8. The smallest absolute Gasteiger partial charge is 0.251 e. The molecule has 1 N–H and O–H groups in total. The molecule has 5 aromatic rings. The van der Waals surface area contributed by atoms with Crippen molar-refractivity contribution in [3.05, 3.63) is 83.3 Å². The van der Waals surface area contributed by atoms with Crippen molar-refractivity contribution in [2.45, 2.75) is 31.8 Å². The van der Waals surface area contributed by atoms with Gasteiger partial charge < -0.3 is 14.6 Å². The number of ether oxygens (including phenoxy) is 1. The average molecular weight is 494 g/mol. The Balaban J connectivity index is 1.17. The first-order chi connectivity index (χ1) is 18.2. The van der Waals surface area contributed by atoms with Crippen molar-refractivity contribution < 1.29 is 4.74 Å². The molecule has 1 aliphatic carbocycles. The van der Waals surface area contributed by atoms with Gasteiger partial charge in [-0.1, -0.05) is 30.3 Å². The lowest BCUT2D eigenvalue weighted by Crippen LogP contribution is -2.21. The summed E-state index contributed by atoms with van der Waals surface area (Å²) in [6.07, 6.45) is 6.59. The minimum atomic E-state index is -0.219. The number of imidazole rings is 1. The highest BCUT2D eigenvalue weighted by Crippen LogP contribution is 2.32. The predicted octanol–water partition coefficient (Wildman–Crippen LogP) is 4.29. The maximum Gasteiger partial charge on any atom is 0.251 e. The summed E-state index contributed by atoms with van der Waals surface area (Å²) < 4.78 is 12.0. The molecule has 37 heavy (non-hydrogen) atoms. The van der Waals surface area contributed by atoms with Crippen LogP contribution in [0.3, 0.4) is 0 Å². The van der Waals surface area contributed by atoms with Crippen LogP contribution in [0.1, 0.15) is 25.3 Å². The molecule has 186 valence electrons. The number of benzene rings is 2. The summed E-state index contributed by atoms with van der Waals surface area (Å²) in [5, 5.41) is 12.6. The fourth-order valence-electron chi connectivity index (χ4n) is 5.08. The maximum atomic E-state index is 13.6. The van der Waals surface area contributed by atoms with E-state index in [1.165, 1.54) is 12.8 Å². The molecular formula is C28H27N7O2. The number of anilines is 1. The zero-order valence-corrected chi connectivity index (χ0v) is 20.3. The van der Waals surface area contributed by atoms with Gasteiger partial charge in [0.25, 0.3) is 5.43 Å². The van der Waals surface area contributed by atoms with Crippen LogP contribution in [0, 0.1) is 5.92 Å². The fourth-order valence-corrected chi connectivity index (χ4v) is 5.08. The fraction of sp³-hybridized carbons (Fsp3) is 0.286. The first-order valence-corrected chi connectivity index (χ1v) is 12.8. The van der Waals surface area contributed by atoms with Gasteiger partial charge in [0.2, 0.25) is 5.95 Å². The molecule has 4 heterocycles. The number of hydrogen-bond acceptors (Lipinski definition) is 6. The Morgan fingerprint density at radius 2 is 1.86 bits per heavy atom. The lowest BCUT2D eigenvalue weighted by Gasteiger charge is -2.15. The topological polar surface area (TPSA) is 91.8 Å². The zero-order valence-electron chi connectivity index (χ0n) is 20.3. The summed E-state index contributed by atoms with van der Waals surface area (Å²) in [5.74, 6) is 1.82. The third-order valence-electron chi connectivity index (χ3n) is 7.13. The van der Waals surface area contributed by atoms with E-state index in [9.17, 15) is 4.79 Å². The van der Waals surface area contributed by atoms with E-state index in [0.29, 0.717) is 29.7 Å². The van der Waals surface area contributed by atoms with Crippen molar-refractivity contribution in [1.29, 1.82) is 0 Å². The highest BCUT2D eigenvalue weighted by atomic mass is 16.5. The van der Waals surface area contributed by atoms with Crippen LogP contribution in [0.25, 0.3) is 28.1 Å². The van der Waals surface area contributed by atoms with Gasteiger partial charge in [-0.3, -0.25) is 9.48 Å². The van der Waals surface area contributed by atoms with E-state index < -0.39 is 0 Å². The molecule has 1 unspecified atom stereocenters. The molecule has 1 fully saturated rings. The van der Waals surface area contributed by atoms with Gasteiger partial charge in [-0.25, -0.2) is 9.67 Å². The van der Waals surface area contributed by atoms with Crippen molar-refractivity contribution in [3.8, 4) is 22.8 Å². The highest BCUT2D eigenvalue weighted by Gasteiger charge is 2.26. The SMILES string of the molecule is O=c1c(OCCC2CNc3nc4ccccc4n32)cn(CC2CC2)nc1-c1ccnn1-c1ccccc1. The lowest BCUT2D eigenvalue weighted by atomic mass is 10.2. The molecule has 2 aliphatic rings. The van der Waals surface area contributed by atoms with Crippen molar-refractivity contribution in [2.75, 3.05) is 18.5 Å². The van der Waals surface area contributed by atoms with Gasteiger partial charge in [0, 0.05) is 19.5 Å². The number of aromatic nitrogens is 6. The summed E-state index contributed by atoms with van der Waals surface area (Å²) in [4.78, 5) is 18.3. The molecule has 0 saturated heterocycles.